The minimum Gasteiger partial charge on any atom is -0.476 e. The Morgan fingerprint density at radius 1 is 1.42 bits per heavy atom. The summed E-state index contributed by atoms with van der Waals surface area (Å²) in [5, 5.41) is 8.82. The van der Waals surface area contributed by atoms with E-state index in [4.69, 9.17) is 9.84 Å². The van der Waals surface area contributed by atoms with Gasteiger partial charge in [-0.2, -0.15) is 0 Å². The second-order valence-electron chi connectivity index (χ2n) is 3.57. The number of hydrogen-bond donors (Lipinski definition) is 1. The first-order valence-electron chi connectivity index (χ1n) is 5.53. The lowest BCUT2D eigenvalue weighted by molar-refractivity contribution is 0.0525. The molecular weight excluding hydrogens is 250 g/mol. The number of carbonyl (C=O) groups is 2. The van der Waals surface area contributed by atoms with E-state index < -0.39 is 11.9 Å². The second-order valence-corrected chi connectivity index (χ2v) is 3.57. The van der Waals surface area contributed by atoms with Gasteiger partial charge in [0, 0.05) is 12.4 Å². The summed E-state index contributed by atoms with van der Waals surface area (Å²) in [7, 11) is 0. The molecule has 0 aliphatic heterocycles. The fraction of sp³-hybridized carbons (Fsp3) is 0.167. The van der Waals surface area contributed by atoms with Crippen molar-refractivity contribution in [1.29, 1.82) is 0 Å². The molecule has 0 spiro atoms. The predicted molar refractivity (Wildman–Crippen MR) is 64.3 cm³/mol. The first-order valence-corrected chi connectivity index (χ1v) is 5.53. The molecule has 19 heavy (non-hydrogen) atoms. The molecule has 2 rings (SSSR count). The van der Waals surface area contributed by atoms with Crippen LogP contribution in [0.25, 0.3) is 5.82 Å². The van der Waals surface area contributed by atoms with Crippen LogP contribution in [0.15, 0.2) is 30.9 Å². The standard InChI is InChI=1S/C12H11N3O4/c1-2-19-12(18)8-4-3-5-13-10(8)15-6-9(11(16)17)14-7-15/h3-7H,2H2,1H3,(H,16,17). The average molecular weight is 261 g/mol. The highest BCUT2D eigenvalue weighted by Crippen LogP contribution is 2.13. The Balaban J connectivity index is 2.43. The van der Waals surface area contributed by atoms with Gasteiger partial charge in [-0.3, -0.25) is 4.57 Å². The van der Waals surface area contributed by atoms with E-state index in [1.165, 1.54) is 23.3 Å². The van der Waals surface area contributed by atoms with Crippen LogP contribution in [0.4, 0.5) is 0 Å². The molecule has 0 saturated heterocycles. The van der Waals surface area contributed by atoms with E-state index in [1.54, 1.807) is 19.1 Å². The number of aromatic nitrogens is 3. The number of carboxylic acids is 1. The zero-order valence-electron chi connectivity index (χ0n) is 10.1. The number of pyridine rings is 1. The summed E-state index contributed by atoms with van der Waals surface area (Å²) in [5.74, 6) is -1.38. The van der Waals surface area contributed by atoms with E-state index >= 15 is 0 Å². The Morgan fingerprint density at radius 2 is 2.21 bits per heavy atom. The van der Waals surface area contributed by atoms with Crippen LogP contribution in [0.5, 0.6) is 0 Å². The molecule has 2 aromatic rings. The molecule has 2 aromatic heterocycles. The van der Waals surface area contributed by atoms with E-state index in [-0.39, 0.29) is 23.7 Å². The predicted octanol–water partition coefficient (Wildman–Crippen LogP) is 1.14. The number of rotatable bonds is 4. The minimum absolute atomic E-state index is 0.125. The van der Waals surface area contributed by atoms with E-state index in [0.717, 1.165) is 0 Å². The zero-order chi connectivity index (χ0) is 13.8. The van der Waals surface area contributed by atoms with Gasteiger partial charge in [0.15, 0.2) is 11.5 Å². The molecule has 0 amide bonds. The number of aromatic carboxylic acids is 1. The van der Waals surface area contributed by atoms with Crippen molar-refractivity contribution in [2.24, 2.45) is 0 Å². The summed E-state index contributed by atoms with van der Waals surface area (Å²) < 4.78 is 6.29. The topological polar surface area (TPSA) is 94.3 Å². The van der Waals surface area contributed by atoms with Crippen LogP contribution < -0.4 is 0 Å². The van der Waals surface area contributed by atoms with Gasteiger partial charge in [-0.15, -0.1) is 0 Å². The van der Waals surface area contributed by atoms with Crippen LogP contribution in [0, 0.1) is 0 Å². The van der Waals surface area contributed by atoms with Gasteiger partial charge in [-0.25, -0.2) is 19.6 Å². The van der Waals surface area contributed by atoms with Gasteiger partial charge in [0.2, 0.25) is 0 Å². The van der Waals surface area contributed by atoms with Crippen LogP contribution in [-0.2, 0) is 4.74 Å². The molecule has 0 atom stereocenters. The number of carbonyl (C=O) groups excluding carboxylic acids is 1. The van der Waals surface area contributed by atoms with E-state index in [1.807, 2.05) is 0 Å². The van der Waals surface area contributed by atoms with Crippen molar-refractivity contribution in [2.75, 3.05) is 6.61 Å². The van der Waals surface area contributed by atoms with Gasteiger partial charge in [-0.1, -0.05) is 0 Å². The van der Waals surface area contributed by atoms with Crippen LogP contribution in [0.1, 0.15) is 27.8 Å². The fourth-order valence-corrected chi connectivity index (χ4v) is 1.52. The van der Waals surface area contributed by atoms with E-state index in [2.05, 4.69) is 9.97 Å². The lowest BCUT2D eigenvalue weighted by atomic mass is 10.2. The lowest BCUT2D eigenvalue weighted by Gasteiger charge is -2.07. The Labute approximate surface area is 108 Å². The molecule has 0 bridgehead atoms. The van der Waals surface area contributed by atoms with Crippen molar-refractivity contribution in [2.45, 2.75) is 6.92 Å². The molecule has 2 heterocycles. The fourth-order valence-electron chi connectivity index (χ4n) is 1.52. The van der Waals surface area contributed by atoms with Crippen LogP contribution in [-0.4, -0.2) is 38.2 Å². The van der Waals surface area contributed by atoms with Crippen molar-refractivity contribution in [3.8, 4) is 5.82 Å². The van der Waals surface area contributed by atoms with Crippen LogP contribution >= 0.6 is 0 Å². The summed E-state index contributed by atoms with van der Waals surface area (Å²) in [6.07, 6.45) is 4.07. The third-order valence-electron chi connectivity index (χ3n) is 2.33. The van der Waals surface area contributed by atoms with Crippen molar-refractivity contribution in [3.63, 3.8) is 0 Å². The number of hydrogen-bond acceptors (Lipinski definition) is 5. The highest BCUT2D eigenvalue weighted by atomic mass is 16.5. The Bertz CT molecular complexity index is 621. The zero-order valence-corrected chi connectivity index (χ0v) is 10.1. The smallest absolute Gasteiger partial charge is 0.356 e. The SMILES string of the molecule is CCOC(=O)c1cccnc1-n1cnc(C(=O)O)c1. The minimum atomic E-state index is -1.15. The van der Waals surface area contributed by atoms with E-state index in [0.29, 0.717) is 0 Å². The third kappa shape index (κ3) is 2.59. The van der Waals surface area contributed by atoms with Crippen molar-refractivity contribution < 1.29 is 19.4 Å². The molecular formula is C12H11N3O4. The van der Waals surface area contributed by atoms with Crippen molar-refractivity contribution in [3.05, 3.63) is 42.1 Å². The Kier molecular flexibility index (Phi) is 3.56. The van der Waals surface area contributed by atoms with Crippen molar-refractivity contribution >= 4 is 11.9 Å². The summed E-state index contributed by atoms with van der Waals surface area (Å²) in [6.45, 7) is 1.95. The van der Waals surface area contributed by atoms with Crippen LogP contribution in [0.3, 0.4) is 0 Å². The maximum Gasteiger partial charge on any atom is 0.356 e. The van der Waals surface area contributed by atoms with Gasteiger partial charge in [-0.05, 0) is 19.1 Å². The molecule has 98 valence electrons. The van der Waals surface area contributed by atoms with Crippen LogP contribution in [0.2, 0.25) is 0 Å². The third-order valence-corrected chi connectivity index (χ3v) is 2.33. The number of ether oxygens (including phenoxy) is 1. The first-order chi connectivity index (χ1) is 9.13. The van der Waals surface area contributed by atoms with Crippen molar-refractivity contribution in [1.82, 2.24) is 14.5 Å². The number of imidazole rings is 1. The molecule has 1 N–H and O–H groups in total. The average Bonchev–Trinajstić information content (AvgIpc) is 2.88. The second kappa shape index (κ2) is 5.30. The Hall–Kier alpha value is -2.70. The van der Waals surface area contributed by atoms with Gasteiger partial charge < -0.3 is 9.84 Å². The maximum absolute atomic E-state index is 11.8. The highest BCUT2D eigenvalue weighted by Gasteiger charge is 2.16. The largest absolute Gasteiger partial charge is 0.476 e. The normalized spacial score (nSPS) is 10.2. The number of carboxylic acid groups (broad SMARTS) is 1. The molecule has 0 aromatic carbocycles. The maximum atomic E-state index is 11.8. The summed E-state index contributed by atoms with van der Waals surface area (Å²) in [6, 6.07) is 3.16. The van der Waals surface area contributed by atoms with Gasteiger partial charge in [0.1, 0.15) is 11.9 Å². The first kappa shape index (κ1) is 12.7. The van der Waals surface area contributed by atoms with Gasteiger partial charge >= 0.3 is 11.9 Å². The summed E-state index contributed by atoms with van der Waals surface area (Å²) in [5.41, 5.74) is 0.124. The Morgan fingerprint density at radius 3 is 2.84 bits per heavy atom. The highest BCUT2D eigenvalue weighted by molar-refractivity contribution is 5.92. The summed E-state index contributed by atoms with van der Waals surface area (Å²) in [4.78, 5) is 30.3. The monoisotopic (exact) mass is 261 g/mol. The van der Waals surface area contributed by atoms with E-state index in [9.17, 15) is 9.59 Å². The molecule has 0 radical (unpaired) electrons. The molecule has 7 nitrogen and oxygen atoms in total. The molecule has 0 unspecified atom stereocenters. The molecule has 0 aliphatic rings. The quantitative estimate of drug-likeness (QED) is 0.829. The van der Waals surface area contributed by atoms with Gasteiger partial charge in [0.25, 0.3) is 0 Å². The lowest BCUT2D eigenvalue weighted by Crippen LogP contribution is -2.10. The molecule has 7 heteroatoms. The number of nitrogens with zero attached hydrogens (tertiary/aromatic N) is 3. The molecule has 0 aliphatic carbocycles. The number of esters is 1. The summed E-state index contributed by atoms with van der Waals surface area (Å²) >= 11 is 0. The molecule has 0 fully saturated rings. The van der Waals surface area contributed by atoms with Gasteiger partial charge in [0.05, 0.1) is 6.61 Å². The molecule has 0 saturated carbocycles.